The van der Waals surface area contributed by atoms with E-state index in [1.807, 2.05) is 12.1 Å². The van der Waals surface area contributed by atoms with Gasteiger partial charge in [-0.3, -0.25) is 0 Å². The Hall–Kier alpha value is -1.12. The van der Waals surface area contributed by atoms with E-state index in [0.717, 1.165) is 12.0 Å². The highest BCUT2D eigenvalue weighted by Crippen LogP contribution is 2.16. The van der Waals surface area contributed by atoms with Crippen molar-refractivity contribution >= 4 is 0 Å². The molecule has 78 valence electrons. The Morgan fingerprint density at radius 2 is 1.71 bits per heavy atom. The molecular formula is C11H14F2O. The summed E-state index contributed by atoms with van der Waals surface area (Å²) in [6, 6.07) is 6.78. The molecule has 0 spiro atoms. The lowest BCUT2D eigenvalue weighted by molar-refractivity contribution is -0.0498. The molecule has 0 saturated heterocycles. The molecule has 0 atom stereocenters. The van der Waals surface area contributed by atoms with Gasteiger partial charge in [-0.25, -0.2) is 0 Å². The molecule has 0 unspecified atom stereocenters. The van der Waals surface area contributed by atoms with Crippen LogP contribution in [0.3, 0.4) is 0 Å². The van der Waals surface area contributed by atoms with Gasteiger partial charge in [0.05, 0.1) is 0 Å². The van der Waals surface area contributed by atoms with E-state index in [9.17, 15) is 8.78 Å². The summed E-state index contributed by atoms with van der Waals surface area (Å²) >= 11 is 0. The number of hydrogen-bond donors (Lipinski definition) is 0. The predicted octanol–water partition coefficient (Wildman–Crippen LogP) is 3.49. The molecule has 0 amide bonds. The van der Waals surface area contributed by atoms with E-state index in [0.29, 0.717) is 5.92 Å². The van der Waals surface area contributed by atoms with Crippen molar-refractivity contribution in [2.45, 2.75) is 26.9 Å². The van der Waals surface area contributed by atoms with Gasteiger partial charge in [-0.05, 0) is 30.0 Å². The van der Waals surface area contributed by atoms with Gasteiger partial charge >= 0.3 is 6.61 Å². The first kappa shape index (κ1) is 11.0. The minimum atomic E-state index is -2.74. The molecule has 0 heterocycles. The van der Waals surface area contributed by atoms with Crippen LogP contribution < -0.4 is 4.74 Å². The molecule has 0 aliphatic rings. The number of rotatable bonds is 4. The maximum Gasteiger partial charge on any atom is 0.387 e. The number of alkyl halides is 2. The topological polar surface area (TPSA) is 9.23 Å². The molecule has 0 N–H and O–H groups in total. The Kier molecular flexibility index (Phi) is 3.86. The highest BCUT2D eigenvalue weighted by molar-refractivity contribution is 5.27. The van der Waals surface area contributed by atoms with Crippen molar-refractivity contribution in [2.75, 3.05) is 0 Å². The molecule has 3 heteroatoms. The summed E-state index contributed by atoms with van der Waals surface area (Å²) in [5, 5.41) is 0. The van der Waals surface area contributed by atoms with Gasteiger partial charge in [-0.15, -0.1) is 0 Å². The summed E-state index contributed by atoms with van der Waals surface area (Å²) in [6.45, 7) is 1.48. The second-order valence-corrected chi connectivity index (χ2v) is 3.62. The van der Waals surface area contributed by atoms with Gasteiger partial charge in [-0.1, -0.05) is 26.0 Å². The van der Waals surface area contributed by atoms with Crippen LogP contribution in [0.5, 0.6) is 5.75 Å². The third-order valence-corrected chi connectivity index (χ3v) is 1.79. The summed E-state index contributed by atoms with van der Waals surface area (Å²) < 4.78 is 27.9. The van der Waals surface area contributed by atoms with Gasteiger partial charge < -0.3 is 4.74 Å². The molecule has 0 aromatic heterocycles. The van der Waals surface area contributed by atoms with Crippen LogP contribution in [-0.4, -0.2) is 6.61 Å². The fourth-order valence-corrected chi connectivity index (χ4v) is 1.28. The maximum atomic E-state index is 11.8. The third-order valence-electron chi connectivity index (χ3n) is 1.79. The quantitative estimate of drug-likeness (QED) is 0.722. The van der Waals surface area contributed by atoms with Crippen molar-refractivity contribution in [3.63, 3.8) is 0 Å². The van der Waals surface area contributed by atoms with Crippen LogP contribution in [0.4, 0.5) is 8.78 Å². The maximum absolute atomic E-state index is 11.8. The van der Waals surface area contributed by atoms with Gasteiger partial charge in [0.2, 0.25) is 0 Å². The van der Waals surface area contributed by atoms with Gasteiger partial charge in [0, 0.05) is 0 Å². The summed E-state index contributed by atoms with van der Waals surface area (Å²) in [5.74, 6) is 0.782. The lowest BCUT2D eigenvalue weighted by atomic mass is 10.0. The van der Waals surface area contributed by atoms with E-state index in [2.05, 4.69) is 18.6 Å². The number of hydrogen-bond acceptors (Lipinski definition) is 1. The summed E-state index contributed by atoms with van der Waals surface area (Å²) in [4.78, 5) is 0. The zero-order valence-corrected chi connectivity index (χ0v) is 8.34. The normalized spacial score (nSPS) is 11.0. The van der Waals surface area contributed by atoms with Crippen LogP contribution in [0.1, 0.15) is 19.4 Å². The lowest BCUT2D eigenvalue weighted by Crippen LogP contribution is -2.02. The summed E-state index contributed by atoms with van der Waals surface area (Å²) in [5.41, 5.74) is 1.14. The van der Waals surface area contributed by atoms with Crippen LogP contribution in [0.15, 0.2) is 24.3 Å². The average molecular weight is 200 g/mol. The zero-order chi connectivity index (χ0) is 10.6. The minimum absolute atomic E-state index is 0.215. The largest absolute Gasteiger partial charge is 0.435 e. The summed E-state index contributed by atoms with van der Waals surface area (Å²) in [6.07, 6.45) is 0.953. The molecule has 1 rings (SSSR count). The molecule has 14 heavy (non-hydrogen) atoms. The van der Waals surface area contributed by atoms with Gasteiger partial charge in [-0.2, -0.15) is 8.78 Å². The van der Waals surface area contributed by atoms with Crippen LogP contribution in [0.2, 0.25) is 0 Å². The van der Waals surface area contributed by atoms with Gasteiger partial charge in [0.1, 0.15) is 5.75 Å². The molecule has 1 aromatic rings. The van der Waals surface area contributed by atoms with E-state index >= 15 is 0 Å². The lowest BCUT2D eigenvalue weighted by Gasteiger charge is -2.07. The number of halogens is 2. The van der Waals surface area contributed by atoms with Crippen LogP contribution >= 0.6 is 0 Å². The Morgan fingerprint density at radius 1 is 1.14 bits per heavy atom. The number of benzene rings is 1. The van der Waals surface area contributed by atoms with Crippen LogP contribution in [0, 0.1) is 5.92 Å². The Balaban J connectivity index is 2.59. The fraction of sp³-hybridized carbons (Fsp3) is 0.455. The van der Waals surface area contributed by atoms with E-state index in [1.165, 1.54) is 0 Å². The molecule has 1 nitrogen and oxygen atoms in total. The second-order valence-electron chi connectivity index (χ2n) is 3.62. The Labute approximate surface area is 82.7 Å². The smallest absolute Gasteiger partial charge is 0.387 e. The third kappa shape index (κ3) is 3.73. The van der Waals surface area contributed by atoms with Crippen molar-refractivity contribution in [1.29, 1.82) is 0 Å². The van der Waals surface area contributed by atoms with E-state index in [4.69, 9.17) is 0 Å². The Morgan fingerprint density at radius 3 is 2.14 bits per heavy atom. The summed E-state index contributed by atoms with van der Waals surface area (Å²) in [7, 11) is 0. The first-order valence-electron chi connectivity index (χ1n) is 4.61. The van der Waals surface area contributed by atoms with E-state index < -0.39 is 6.61 Å². The van der Waals surface area contributed by atoms with Gasteiger partial charge in [0.15, 0.2) is 0 Å². The zero-order valence-electron chi connectivity index (χ0n) is 8.34. The molecule has 0 bridgehead atoms. The van der Waals surface area contributed by atoms with Crippen molar-refractivity contribution in [3.8, 4) is 5.75 Å². The number of ether oxygens (including phenoxy) is 1. The standard InChI is InChI=1S/C11H14F2O/c1-8(2)7-9-3-5-10(6-4-9)14-11(12)13/h3-6,8,11H,7H2,1-2H3. The van der Waals surface area contributed by atoms with E-state index in [-0.39, 0.29) is 5.75 Å². The van der Waals surface area contributed by atoms with Crippen molar-refractivity contribution < 1.29 is 13.5 Å². The van der Waals surface area contributed by atoms with Gasteiger partial charge in [0.25, 0.3) is 0 Å². The highest BCUT2D eigenvalue weighted by Gasteiger charge is 2.03. The molecule has 1 aromatic carbocycles. The van der Waals surface area contributed by atoms with E-state index in [1.54, 1.807) is 12.1 Å². The monoisotopic (exact) mass is 200 g/mol. The predicted molar refractivity (Wildman–Crippen MR) is 51.6 cm³/mol. The Bertz CT molecular complexity index is 238. The molecule has 0 aliphatic carbocycles. The molecule has 0 aliphatic heterocycles. The highest BCUT2D eigenvalue weighted by atomic mass is 19.3. The first-order valence-corrected chi connectivity index (χ1v) is 4.61. The first-order chi connectivity index (χ1) is 6.58. The average Bonchev–Trinajstić information content (AvgIpc) is 2.06. The molecule has 0 radical (unpaired) electrons. The molecule has 0 saturated carbocycles. The van der Waals surface area contributed by atoms with Crippen molar-refractivity contribution in [2.24, 2.45) is 5.92 Å². The minimum Gasteiger partial charge on any atom is -0.435 e. The molecular weight excluding hydrogens is 186 g/mol. The van der Waals surface area contributed by atoms with Crippen molar-refractivity contribution in [3.05, 3.63) is 29.8 Å². The van der Waals surface area contributed by atoms with Crippen LogP contribution in [-0.2, 0) is 6.42 Å². The fourth-order valence-electron chi connectivity index (χ4n) is 1.28. The SMILES string of the molecule is CC(C)Cc1ccc(OC(F)F)cc1. The second kappa shape index (κ2) is 4.94. The van der Waals surface area contributed by atoms with Crippen molar-refractivity contribution in [1.82, 2.24) is 0 Å². The van der Waals surface area contributed by atoms with Crippen LogP contribution in [0.25, 0.3) is 0 Å². The molecule has 0 fully saturated rings.